The molecule has 98 valence electrons. The van der Waals surface area contributed by atoms with Gasteiger partial charge < -0.3 is 4.84 Å². The maximum atomic E-state index is 11.5. The van der Waals surface area contributed by atoms with Gasteiger partial charge >= 0.3 is 5.97 Å². The lowest BCUT2D eigenvalue weighted by atomic mass is 10.2. The van der Waals surface area contributed by atoms with E-state index in [0.29, 0.717) is 5.06 Å². The van der Waals surface area contributed by atoms with E-state index in [2.05, 4.69) is 20.8 Å². The summed E-state index contributed by atoms with van der Waals surface area (Å²) in [7, 11) is 0. The first-order chi connectivity index (χ1) is 9.06. The van der Waals surface area contributed by atoms with Crippen LogP contribution in [-0.4, -0.2) is 22.8 Å². The van der Waals surface area contributed by atoms with Gasteiger partial charge in [0.25, 0.3) is 11.8 Å². The number of hydroxylamine groups is 2. The highest BCUT2D eigenvalue weighted by molar-refractivity contribution is 9.10. The molecule has 0 bridgehead atoms. The molecule has 1 aliphatic rings. The first kappa shape index (κ1) is 13.5. The Morgan fingerprint density at radius 2 is 1.74 bits per heavy atom. The van der Waals surface area contributed by atoms with Crippen molar-refractivity contribution in [1.29, 1.82) is 0 Å². The van der Waals surface area contributed by atoms with Crippen molar-refractivity contribution < 1.29 is 19.2 Å². The number of benzene rings is 1. The van der Waals surface area contributed by atoms with E-state index < -0.39 is 17.8 Å². The summed E-state index contributed by atoms with van der Waals surface area (Å²) in [5.74, 6) is -1.74. The highest BCUT2D eigenvalue weighted by Gasteiger charge is 2.32. The molecule has 0 aromatic heterocycles. The molecule has 0 radical (unpaired) electrons. The molecule has 5 nitrogen and oxygen atoms in total. The minimum atomic E-state index is -0.758. The molecule has 2 amide bonds. The van der Waals surface area contributed by atoms with E-state index in [1.54, 1.807) is 18.2 Å². The molecule has 1 fully saturated rings. The molecule has 1 heterocycles. The molecule has 0 N–H and O–H groups in total. The number of carbonyl (C=O) groups excluding carboxylic acids is 3. The Labute approximate surface area is 117 Å². The number of amides is 2. The van der Waals surface area contributed by atoms with E-state index >= 15 is 0 Å². The Morgan fingerprint density at radius 1 is 1.16 bits per heavy atom. The molecule has 0 spiro atoms. The van der Waals surface area contributed by atoms with Crippen LogP contribution in [0.3, 0.4) is 0 Å². The molecule has 19 heavy (non-hydrogen) atoms. The third-order valence-corrected chi connectivity index (χ3v) is 3.00. The van der Waals surface area contributed by atoms with E-state index in [0.717, 1.165) is 10.0 Å². The minimum Gasteiger partial charge on any atom is -0.326 e. The standard InChI is InChI=1S/C13H10BrNO4/c14-10-4-1-9(2-5-10)3-8-13(18)19-15-11(16)6-7-12(15)17/h1-5,8H,6-7H2. The molecule has 2 rings (SSSR count). The SMILES string of the molecule is O=C(C=Cc1ccc(Br)cc1)ON1C(=O)CCC1=O. The van der Waals surface area contributed by atoms with Gasteiger partial charge in [0, 0.05) is 23.4 Å². The molecule has 1 aliphatic heterocycles. The summed E-state index contributed by atoms with van der Waals surface area (Å²) in [6.07, 6.45) is 2.88. The van der Waals surface area contributed by atoms with Crippen LogP contribution >= 0.6 is 15.9 Å². The average molecular weight is 324 g/mol. The van der Waals surface area contributed by atoms with Gasteiger partial charge in [0.1, 0.15) is 0 Å². The van der Waals surface area contributed by atoms with Crippen LogP contribution in [0.2, 0.25) is 0 Å². The van der Waals surface area contributed by atoms with E-state index in [9.17, 15) is 14.4 Å². The van der Waals surface area contributed by atoms with Crippen molar-refractivity contribution in [3.8, 4) is 0 Å². The van der Waals surface area contributed by atoms with Crippen LogP contribution in [0.1, 0.15) is 18.4 Å². The maximum absolute atomic E-state index is 11.5. The number of rotatable bonds is 3. The van der Waals surface area contributed by atoms with Crippen LogP contribution in [0.15, 0.2) is 34.8 Å². The Morgan fingerprint density at radius 3 is 2.32 bits per heavy atom. The zero-order valence-corrected chi connectivity index (χ0v) is 11.4. The van der Waals surface area contributed by atoms with Gasteiger partial charge in [-0.1, -0.05) is 28.1 Å². The number of carbonyl (C=O) groups is 3. The molecule has 0 saturated carbocycles. The Kier molecular flexibility index (Phi) is 4.11. The first-order valence-electron chi connectivity index (χ1n) is 5.57. The van der Waals surface area contributed by atoms with E-state index in [1.165, 1.54) is 6.08 Å². The lowest BCUT2D eigenvalue weighted by molar-refractivity contribution is -0.193. The number of halogens is 1. The van der Waals surface area contributed by atoms with Crippen molar-refractivity contribution in [1.82, 2.24) is 5.06 Å². The summed E-state index contributed by atoms with van der Waals surface area (Å²) in [5, 5.41) is 0.522. The van der Waals surface area contributed by atoms with Gasteiger partial charge in [-0.05, 0) is 23.8 Å². The quantitative estimate of drug-likeness (QED) is 0.631. The van der Waals surface area contributed by atoms with E-state index in [1.807, 2.05) is 12.1 Å². The predicted molar refractivity (Wildman–Crippen MR) is 70.4 cm³/mol. The lowest BCUT2D eigenvalue weighted by Crippen LogP contribution is -2.31. The van der Waals surface area contributed by atoms with Crippen molar-refractivity contribution in [2.24, 2.45) is 0 Å². The topological polar surface area (TPSA) is 63.7 Å². The maximum Gasteiger partial charge on any atom is 0.356 e. The molecular formula is C13H10BrNO4. The second-order valence-electron chi connectivity index (χ2n) is 3.88. The second kappa shape index (κ2) is 5.79. The van der Waals surface area contributed by atoms with Crippen molar-refractivity contribution in [3.05, 3.63) is 40.4 Å². The Hall–Kier alpha value is -1.95. The van der Waals surface area contributed by atoms with Gasteiger partial charge in [-0.25, -0.2) is 4.79 Å². The molecule has 0 unspecified atom stereocenters. The van der Waals surface area contributed by atoms with Crippen molar-refractivity contribution >= 4 is 39.8 Å². The second-order valence-corrected chi connectivity index (χ2v) is 4.79. The van der Waals surface area contributed by atoms with Crippen LogP contribution in [0, 0.1) is 0 Å². The summed E-state index contributed by atoms with van der Waals surface area (Å²) in [6.45, 7) is 0. The third kappa shape index (κ3) is 3.51. The van der Waals surface area contributed by atoms with Gasteiger partial charge in [-0.15, -0.1) is 5.06 Å². The fourth-order valence-corrected chi connectivity index (χ4v) is 1.78. The predicted octanol–water partition coefficient (Wildman–Crippen LogP) is 2.07. The van der Waals surface area contributed by atoms with Crippen LogP contribution in [-0.2, 0) is 19.2 Å². The highest BCUT2D eigenvalue weighted by Crippen LogP contribution is 2.13. The number of hydrogen-bond acceptors (Lipinski definition) is 4. The lowest BCUT2D eigenvalue weighted by Gasteiger charge is -2.10. The molecular weight excluding hydrogens is 314 g/mol. The van der Waals surface area contributed by atoms with Crippen LogP contribution in [0.4, 0.5) is 0 Å². The number of nitrogens with zero attached hydrogens (tertiary/aromatic N) is 1. The minimum absolute atomic E-state index is 0.0859. The van der Waals surface area contributed by atoms with Crippen LogP contribution < -0.4 is 0 Å². The Balaban J connectivity index is 1.96. The summed E-state index contributed by atoms with van der Waals surface area (Å²) in [5.41, 5.74) is 0.805. The summed E-state index contributed by atoms with van der Waals surface area (Å²) in [6, 6.07) is 7.27. The number of hydrogen-bond donors (Lipinski definition) is 0. The Bertz CT molecular complexity index is 534. The molecule has 0 atom stereocenters. The van der Waals surface area contributed by atoms with Crippen LogP contribution in [0.25, 0.3) is 6.08 Å². The van der Waals surface area contributed by atoms with Crippen LogP contribution in [0.5, 0.6) is 0 Å². The fourth-order valence-electron chi connectivity index (χ4n) is 1.52. The van der Waals surface area contributed by atoms with Crippen molar-refractivity contribution in [2.75, 3.05) is 0 Å². The first-order valence-corrected chi connectivity index (χ1v) is 6.37. The number of imide groups is 1. The molecule has 1 aromatic carbocycles. The summed E-state index contributed by atoms with van der Waals surface area (Å²) >= 11 is 3.30. The fraction of sp³-hybridized carbons (Fsp3) is 0.154. The van der Waals surface area contributed by atoms with Gasteiger partial charge in [-0.3, -0.25) is 9.59 Å². The van der Waals surface area contributed by atoms with E-state index in [-0.39, 0.29) is 12.8 Å². The van der Waals surface area contributed by atoms with Gasteiger partial charge in [0.2, 0.25) is 0 Å². The molecule has 1 saturated heterocycles. The molecule has 1 aromatic rings. The largest absolute Gasteiger partial charge is 0.356 e. The highest BCUT2D eigenvalue weighted by atomic mass is 79.9. The smallest absolute Gasteiger partial charge is 0.326 e. The molecule has 0 aliphatic carbocycles. The van der Waals surface area contributed by atoms with Crippen molar-refractivity contribution in [2.45, 2.75) is 12.8 Å². The average Bonchev–Trinajstić information content (AvgIpc) is 2.70. The molecule has 6 heteroatoms. The third-order valence-electron chi connectivity index (χ3n) is 2.47. The van der Waals surface area contributed by atoms with E-state index in [4.69, 9.17) is 0 Å². The van der Waals surface area contributed by atoms with Gasteiger partial charge in [-0.2, -0.15) is 0 Å². The zero-order valence-electron chi connectivity index (χ0n) is 9.84. The van der Waals surface area contributed by atoms with Gasteiger partial charge in [0.05, 0.1) is 0 Å². The zero-order chi connectivity index (χ0) is 13.8. The van der Waals surface area contributed by atoms with Crippen molar-refractivity contribution in [3.63, 3.8) is 0 Å². The normalized spacial score (nSPS) is 15.3. The monoisotopic (exact) mass is 323 g/mol. The van der Waals surface area contributed by atoms with Gasteiger partial charge in [0.15, 0.2) is 0 Å². The summed E-state index contributed by atoms with van der Waals surface area (Å²) in [4.78, 5) is 38.6. The summed E-state index contributed by atoms with van der Waals surface area (Å²) < 4.78 is 0.931.